The van der Waals surface area contributed by atoms with Crippen molar-refractivity contribution in [3.8, 4) is 0 Å². The van der Waals surface area contributed by atoms with E-state index in [-0.39, 0.29) is 17.7 Å². The summed E-state index contributed by atoms with van der Waals surface area (Å²) in [6.07, 6.45) is 0.574. The number of benzene rings is 1. The van der Waals surface area contributed by atoms with Crippen LogP contribution >= 0.6 is 0 Å². The number of aliphatic hydroxyl groups is 1. The topological polar surface area (TPSA) is 82.2 Å². The molecule has 110 valence electrons. The van der Waals surface area contributed by atoms with E-state index in [0.717, 1.165) is 11.3 Å². The molecule has 1 heterocycles. The van der Waals surface area contributed by atoms with Crippen LogP contribution in [0, 0.1) is 13.8 Å². The van der Waals surface area contributed by atoms with E-state index in [9.17, 15) is 9.59 Å². The van der Waals surface area contributed by atoms with Crippen LogP contribution in [0.4, 0.5) is 5.69 Å². The molecule has 2 aromatic rings. The molecule has 2 rings (SSSR count). The second-order valence-electron chi connectivity index (χ2n) is 4.96. The fourth-order valence-electron chi connectivity index (χ4n) is 2.21. The number of aliphatic hydroxyl groups excluding tert-OH is 1. The second kappa shape index (κ2) is 6.37. The molecule has 21 heavy (non-hydrogen) atoms. The fourth-order valence-corrected chi connectivity index (χ4v) is 2.21. The summed E-state index contributed by atoms with van der Waals surface area (Å²) in [5.74, 6) is -0.427. The molecule has 0 aliphatic heterocycles. The molecule has 1 amide bonds. The van der Waals surface area contributed by atoms with Gasteiger partial charge in [-0.3, -0.25) is 9.59 Å². The Morgan fingerprint density at radius 2 is 1.90 bits per heavy atom. The number of hydrogen-bond donors (Lipinski definition) is 3. The predicted octanol–water partition coefficient (Wildman–Crippen LogP) is 1.78. The Balaban J connectivity index is 2.20. The Morgan fingerprint density at radius 1 is 1.24 bits per heavy atom. The first kappa shape index (κ1) is 15.0. The van der Waals surface area contributed by atoms with E-state index in [0.29, 0.717) is 17.7 Å². The lowest BCUT2D eigenvalue weighted by atomic mass is 10.1. The van der Waals surface area contributed by atoms with Crippen molar-refractivity contribution < 1.29 is 9.90 Å². The molecule has 0 bridgehead atoms. The molecule has 0 radical (unpaired) electrons. The first-order valence-corrected chi connectivity index (χ1v) is 6.73. The summed E-state index contributed by atoms with van der Waals surface area (Å²) >= 11 is 0. The Morgan fingerprint density at radius 3 is 2.48 bits per heavy atom. The third kappa shape index (κ3) is 3.58. The van der Waals surface area contributed by atoms with Crippen LogP contribution in [0.15, 0.2) is 35.1 Å². The molecule has 0 saturated heterocycles. The van der Waals surface area contributed by atoms with Crippen molar-refractivity contribution in [3.05, 3.63) is 63.1 Å². The maximum atomic E-state index is 12.2. The lowest BCUT2D eigenvalue weighted by Crippen LogP contribution is -2.25. The van der Waals surface area contributed by atoms with Gasteiger partial charge in [-0.15, -0.1) is 0 Å². The highest BCUT2D eigenvalue weighted by Gasteiger charge is 2.14. The number of nitrogens with one attached hydrogen (secondary N) is 2. The van der Waals surface area contributed by atoms with E-state index < -0.39 is 5.91 Å². The SMILES string of the molecule is Cc1cc(C)c(C(=O)Nc2ccc(CCO)cc2)c(=O)[nH]1. The number of aromatic nitrogens is 1. The first-order valence-electron chi connectivity index (χ1n) is 6.73. The summed E-state index contributed by atoms with van der Waals surface area (Å²) in [5, 5.41) is 11.6. The van der Waals surface area contributed by atoms with Gasteiger partial charge in [0.15, 0.2) is 0 Å². The van der Waals surface area contributed by atoms with Crippen LogP contribution in [-0.2, 0) is 6.42 Å². The van der Waals surface area contributed by atoms with Gasteiger partial charge in [-0.05, 0) is 49.6 Å². The van der Waals surface area contributed by atoms with E-state index in [1.165, 1.54) is 0 Å². The number of rotatable bonds is 4. The summed E-state index contributed by atoms with van der Waals surface area (Å²) in [4.78, 5) is 26.7. The van der Waals surface area contributed by atoms with Crippen LogP contribution in [-0.4, -0.2) is 22.6 Å². The van der Waals surface area contributed by atoms with Crippen LogP contribution < -0.4 is 10.9 Å². The second-order valence-corrected chi connectivity index (χ2v) is 4.96. The molecule has 0 unspecified atom stereocenters. The lowest BCUT2D eigenvalue weighted by Gasteiger charge is -2.08. The molecular formula is C16H18N2O3. The quantitative estimate of drug-likeness (QED) is 0.801. The van der Waals surface area contributed by atoms with E-state index in [2.05, 4.69) is 10.3 Å². The number of aromatic amines is 1. The van der Waals surface area contributed by atoms with Gasteiger partial charge in [0.25, 0.3) is 11.5 Å². The molecule has 0 fully saturated rings. The van der Waals surface area contributed by atoms with Crippen LogP contribution in [0.3, 0.4) is 0 Å². The van der Waals surface area contributed by atoms with Gasteiger partial charge in [0.1, 0.15) is 5.56 Å². The molecule has 0 atom stereocenters. The Labute approximate surface area is 122 Å². The van der Waals surface area contributed by atoms with Gasteiger partial charge in [0.05, 0.1) is 0 Å². The average Bonchev–Trinajstić information content (AvgIpc) is 2.40. The van der Waals surface area contributed by atoms with Crippen LogP contribution in [0.1, 0.15) is 27.2 Å². The van der Waals surface area contributed by atoms with Gasteiger partial charge < -0.3 is 15.4 Å². The Bertz CT molecular complexity index is 702. The third-order valence-corrected chi connectivity index (χ3v) is 3.20. The number of pyridine rings is 1. The zero-order valence-corrected chi connectivity index (χ0v) is 12.1. The standard InChI is InChI=1S/C16H18N2O3/c1-10-9-11(2)17-15(20)14(10)16(21)18-13-5-3-12(4-6-13)7-8-19/h3-6,9,19H,7-8H2,1-2H3,(H,17,20)(H,18,21). The molecule has 3 N–H and O–H groups in total. The summed E-state index contributed by atoms with van der Waals surface area (Å²) < 4.78 is 0. The summed E-state index contributed by atoms with van der Waals surface area (Å²) in [5.41, 5.74) is 2.70. The van der Waals surface area contributed by atoms with Crippen molar-refractivity contribution in [1.29, 1.82) is 0 Å². The maximum Gasteiger partial charge on any atom is 0.261 e. The van der Waals surface area contributed by atoms with Gasteiger partial charge >= 0.3 is 0 Å². The van der Waals surface area contributed by atoms with Crippen molar-refractivity contribution in [2.24, 2.45) is 0 Å². The maximum absolute atomic E-state index is 12.2. The first-order chi connectivity index (χ1) is 10.0. The zero-order valence-electron chi connectivity index (χ0n) is 12.1. The van der Waals surface area contributed by atoms with Gasteiger partial charge in [-0.1, -0.05) is 12.1 Å². The molecule has 5 heteroatoms. The largest absolute Gasteiger partial charge is 0.396 e. The van der Waals surface area contributed by atoms with E-state index >= 15 is 0 Å². The van der Waals surface area contributed by atoms with Crippen molar-refractivity contribution >= 4 is 11.6 Å². The summed E-state index contributed by atoms with van der Waals surface area (Å²) in [6.45, 7) is 3.60. The van der Waals surface area contributed by atoms with Crippen LogP contribution in [0.5, 0.6) is 0 Å². The smallest absolute Gasteiger partial charge is 0.261 e. The number of hydrogen-bond acceptors (Lipinski definition) is 3. The van der Waals surface area contributed by atoms with Gasteiger partial charge in [0.2, 0.25) is 0 Å². The van der Waals surface area contributed by atoms with E-state index in [4.69, 9.17) is 5.11 Å². The molecule has 0 aliphatic rings. The molecule has 0 spiro atoms. The minimum atomic E-state index is -0.427. The number of aryl methyl sites for hydroxylation is 2. The third-order valence-electron chi connectivity index (χ3n) is 3.20. The Kier molecular flexibility index (Phi) is 4.55. The van der Waals surface area contributed by atoms with E-state index in [1.54, 1.807) is 32.0 Å². The van der Waals surface area contributed by atoms with Crippen molar-refractivity contribution in [2.45, 2.75) is 20.3 Å². The van der Waals surface area contributed by atoms with Crippen molar-refractivity contribution in [3.63, 3.8) is 0 Å². The highest BCUT2D eigenvalue weighted by molar-refractivity contribution is 6.05. The zero-order chi connectivity index (χ0) is 15.4. The number of carbonyl (C=O) groups is 1. The van der Waals surface area contributed by atoms with Crippen molar-refractivity contribution in [1.82, 2.24) is 4.98 Å². The molecule has 1 aromatic heterocycles. The van der Waals surface area contributed by atoms with Crippen LogP contribution in [0.25, 0.3) is 0 Å². The average molecular weight is 286 g/mol. The van der Waals surface area contributed by atoms with Crippen molar-refractivity contribution in [2.75, 3.05) is 11.9 Å². The predicted molar refractivity (Wildman–Crippen MR) is 81.7 cm³/mol. The molecule has 0 aliphatic carbocycles. The number of carbonyl (C=O) groups excluding carboxylic acids is 1. The summed E-state index contributed by atoms with van der Waals surface area (Å²) in [6, 6.07) is 8.93. The number of H-pyrrole nitrogens is 1. The van der Waals surface area contributed by atoms with Gasteiger partial charge in [-0.25, -0.2) is 0 Å². The highest BCUT2D eigenvalue weighted by atomic mass is 16.3. The number of anilines is 1. The summed E-state index contributed by atoms with van der Waals surface area (Å²) in [7, 11) is 0. The van der Waals surface area contributed by atoms with Crippen LogP contribution in [0.2, 0.25) is 0 Å². The normalized spacial score (nSPS) is 10.4. The Hall–Kier alpha value is -2.40. The highest BCUT2D eigenvalue weighted by Crippen LogP contribution is 2.12. The molecular weight excluding hydrogens is 268 g/mol. The van der Waals surface area contributed by atoms with Gasteiger partial charge in [-0.2, -0.15) is 0 Å². The number of amides is 1. The fraction of sp³-hybridized carbons (Fsp3) is 0.250. The molecule has 1 aromatic carbocycles. The minimum Gasteiger partial charge on any atom is -0.396 e. The monoisotopic (exact) mass is 286 g/mol. The molecule has 0 saturated carbocycles. The van der Waals surface area contributed by atoms with Gasteiger partial charge in [0, 0.05) is 18.0 Å². The minimum absolute atomic E-state index is 0.0869. The molecule has 5 nitrogen and oxygen atoms in total. The lowest BCUT2D eigenvalue weighted by molar-refractivity contribution is 0.102. The van der Waals surface area contributed by atoms with E-state index in [1.807, 2.05) is 12.1 Å².